The zero-order chi connectivity index (χ0) is 65.2. The van der Waals surface area contributed by atoms with Crippen molar-refractivity contribution < 1.29 is 80.2 Å². The van der Waals surface area contributed by atoms with Gasteiger partial charge in [0.2, 0.25) is 0 Å². The van der Waals surface area contributed by atoms with Gasteiger partial charge < -0.3 is 33.8 Å². The minimum atomic E-state index is -4.95. The molecule has 19 heteroatoms. The van der Waals surface area contributed by atoms with Crippen LogP contribution in [-0.4, -0.2) is 96.7 Å². The Labute approximate surface area is 537 Å². The highest BCUT2D eigenvalue weighted by atomic mass is 31.2. The largest absolute Gasteiger partial charge is 0.472 e. The maximum Gasteiger partial charge on any atom is 0.472 e. The van der Waals surface area contributed by atoms with Crippen molar-refractivity contribution in [1.29, 1.82) is 0 Å². The van der Waals surface area contributed by atoms with E-state index < -0.39 is 97.5 Å². The normalized spacial score (nSPS) is 14.9. The summed E-state index contributed by atoms with van der Waals surface area (Å²) in [6, 6.07) is 0. The predicted octanol–water partition coefficient (Wildman–Crippen LogP) is 19.5. The van der Waals surface area contributed by atoms with Crippen molar-refractivity contribution in [3.8, 4) is 0 Å². The minimum Gasteiger partial charge on any atom is -0.462 e. The number of esters is 4. The number of carbonyl (C=O) groups is 4. The summed E-state index contributed by atoms with van der Waals surface area (Å²) in [4.78, 5) is 72.3. The smallest absolute Gasteiger partial charge is 0.462 e. The molecule has 0 heterocycles. The molecule has 0 saturated heterocycles. The molecule has 0 spiro atoms. The van der Waals surface area contributed by atoms with Gasteiger partial charge in [0.15, 0.2) is 12.2 Å². The summed E-state index contributed by atoms with van der Waals surface area (Å²) < 4.78 is 68.1. The van der Waals surface area contributed by atoms with Crippen molar-refractivity contribution in [2.24, 2.45) is 17.8 Å². The van der Waals surface area contributed by atoms with E-state index >= 15 is 0 Å². The monoisotopic (exact) mass is 1300 g/mol. The van der Waals surface area contributed by atoms with Crippen LogP contribution in [0.2, 0.25) is 0 Å². The third-order valence-corrected chi connectivity index (χ3v) is 18.5. The Balaban J connectivity index is 5.21. The standard InChI is InChI=1S/C69H134O17P2/c1-8-11-12-13-26-36-43-50-66(71)79-56-65(86-69(74)53-46-39-32-31-35-42-49-62(7)10-3)59-84-88(77,78)82-55-63(70)54-81-87(75,76)83-58-64(57-80-67(72)51-44-37-29-24-21-20-23-28-34-41-48-61(6)9-2)85-68(73)52-45-38-30-25-19-17-15-14-16-18-22-27-33-40-47-60(4)5/h60-65,70H,8-59H2,1-7H3,(H,75,76)(H,77,78)/t61?,62?,63-,64-,65-/m1/s1. The molecule has 0 aliphatic heterocycles. The lowest BCUT2D eigenvalue weighted by Crippen LogP contribution is -2.30. The minimum absolute atomic E-state index is 0.102. The van der Waals surface area contributed by atoms with Gasteiger partial charge in [-0.3, -0.25) is 37.3 Å². The Kier molecular flexibility index (Phi) is 58.7. The lowest BCUT2D eigenvalue weighted by atomic mass is 9.99. The molecule has 0 bridgehead atoms. The lowest BCUT2D eigenvalue weighted by molar-refractivity contribution is -0.161. The van der Waals surface area contributed by atoms with E-state index in [2.05, 4.69) is 48.5 Å². The molecule has 0 fully saturated rings. The molecule has 0 aromatic carbocycles. The molecule has 0 aromatic heterocycles. The van der Waals surface area contributed by atoms with E-state index in [1.807, 2.05) is 0 Å². The summed E-state index contributed by atoms with van der Waals surface area (Å²) in [5, 5.41) is 10.6. The first-order chi connectivity index (χ1) is 42.3. The Hall–Kier alpha value is -1.94. The van der Waals surface area contributed by atoms with Crippen LogP contribution >= 0.6 is 15.6 Å². The first-order valence-electron chi connectivity index (χ1n) is 35.9. The molecular formula is C69H134O17P2. The highest BCUT2D eigenvalue weighted by Gasteiger charge is 2.30. The van der Waals surface area contributed by atoms with E-state index in [1.165, 1.54) is 141 Å². The van der Waals surface area contributed by atoms with Gasteiger partial charge in [0.1, 0.15) is 19.3 Å². The zero-order valence-electron chi connectivity index (χ0n) is 57.2. The third kappa shape index (κ3) is 60.3. The lowest BCUT2D eigenvalue weighted by Gasteiger charge is -2.21. The first kappa shape index (κ1) is 86.1. The maximum atomic E-state index is 13.0. The van der Waals surface area contributed by atoms with Crippen LogP contribution in [0.3, 0.4) is 0 Å². The van der Waals surface area contributed by atoms with Gasteiger partial charge in [-0.1, -0.05) is 292 Å². The van der Waals surface area contributed by atoms with Gasteiger partial charge in [0.25, 0.3) is 0 Å². The number of hydrogen-bond acceptors (Lipinski definition) is 15. The number of hydrogen-bond donors (Lipinski definition) is 3. The zero-order valence-corrected chi connectivity index (χ0v) is 59.0. The summed E-state index contributed by atoms with van der Waals surface area (Å²) in [6.07, 6.45) is 43.1. The molecule has 17 nitrogen and oxygen atoms in total. The van der Waals surface area contributed by atoms with E-state index in [-0.39, 0.29) is 25.7 Å². The second-order valence-corrected chi connectivity index (χ2v) is 28.8. The average molecular weight is 1300 g/mol. The van der Waals surface area contributed by atoms with Crippen LogP contribution in [0.25, 0.3) is 0 Å². The third-order valence-electron chi connectivity index (χ3n) is 16.6. The molecule has 0 saturated carbocycles. The molecule has 522 valence electrons. The predicted molar refractivity (Wildman–Crippen MR) is 354 cm³/mol. The highest BCUT2D eigenvalue weighted by Crippen LogP contribution is 2.45. The second-order valence-electron chi connectivity index (χ2n) is 25.9. The van der Waals surface area contributed by atoms with Gasteiger partial charge in [-0.15, -0.1) is 0 Å². The van der Waals surface area contributed by atoms with Gasteiger partial charge in [0, 0.05) is 25.7 Å². The number of phosphoric ester groups is 2. The van der Waals surface area contributed by atoms with Crippen molar-refractivity contribution in [3.05, 3.63) is 0 Å². The van der Waals surface area contributed by atoms with E-state index in [1.54, 1.807) is 0 Å². The Morgan fingerprint density at radius 2 is 0.580 bits per heavy atom. The number of aliphatic hydroxyl groups excluding tert-OH is 1. The Morgan fingerprint density at radius 3 is 0.864 bits per heavy atom. The van der Waals surface area contributed by atoms with Crippen LogP contribution in [0.4, 0.5) is 0 Å². The number of rotatable bonds is 67. The fourth-order valence-corrected chi connectivity index (χ4v) is 11.9. The first-order valence-corrected chi connectivity index (χ1v) is 38.9. The Morgan fingerprint density at radius 1 is 0.330 bits per heavy atom. The molecule has 0 aliphatic carbocycles. The van der Waals surface area contributed by atoms with Crippen molar-refractivity contribution in [2.45, 2.75) is 362 Å². The number of carbonyl (C=O) groups excluding carboxylic acids is 4. The van der Waals surface area contributed by atoms with Crippen LogP contribution in [0.15, 0.2) is 0 Å². The number of aliphatic hydroxyl groups is 1. The number of unbranched alkanes of at least 4 members (excludes halogenated alkanes) is 33. The van der Waals surface area contributed by atoms with Gasteiger partial charge >= 0.3 is 39.5 Å². The van der Waals surface area contributed by atoms with Gasteiger partial charge in [-0.25, -0.2) is 9.13 Å². The fourth-order valence-electron chi connectivity index (χ4n) is 10.3. The molecule has 3 N–H and O–H groups in total. The summed E-state index contributed by atoms with van der Waals surface area (Å²) in [6.45, 7) is 11.8. The van der Waals surface area contributed by atoms with E-state index in [0.717, 1.165) is 120 Å². The maximum absolute atomic E-state index is 13.0. The molecule has 0 rings (SSSR count). The van der Waals surface area contributed by atoms with Crippen LogP contribution in [0.5, 0.6) is 0 Å². The fraction of sp³-hybridized carbons (Fsp3) is 0.942. The molecule has 0 aliphatic rings. The summed E-state index contributed by atoms with van der Waals surface area (Å²) in [5.41, 5.74) is 0. The van der Waals surface area contributed by atoms with Gasteiger partial charge in [0.05, 0.1) is 26.4 Å². The summed E-state index contributed by atoms with van der Waals surface area (Å²) >= 11 is 0. The van der Waals surface area contributed by atoms with Gasteiger partial charge in [-0.05, 0) is 43.4 Å². The number of phosphoric acid groups is 2. The molecule has 0 radical (unpaired) electrons. The van der Waals surface area contributed by atoms with Gasteiger partial charge in [-0.2, -0.15) is 0 Å². The molecule has 4 unspecified atom stereocenters. The summed E-state index contributed by atoms with van der Waals surface area (Å²) in [5.74, 6) is 0.191. The van der Waals surface area contributed by atoms with E-state index in [0.29, 0.717) is 25.7 Å². The molecule has 7 atom stereocenters. The molecule has 0 aromatic rings. The van der Waals surface area contributed by atoms with Crippen LogP contribution < -0.4 is 0 Å². The van der Waals surface area contributed by atoms with Crippen molar-refractivity contribution in [2.75, 3.05) is 39.6 Å². The highest BCUT2D eigenvalue weighted by molar-refractivity contribution is 7.47. The number of ether oxygens (including phenoxy) is 4. The summed E-state index contributed by atoms with van der Waals surface area (Å²) in [7, 11) is -9.89. The van der Waals surface area contributed by atoms with Crippen molar-refractivity contribution in [3.63, 3.8) is 0 Å². The molecule has 0 amide bonds. The van der Waals surface area contributed by atoms with Crippen LogP contribution in [0, 0.1) is 17.8 Å². The topological polar surface area (TPSA) is 237 Å². The molecule has 88 heavy (non-hydrogen) atoms. The van der Waals surface area contributed by atoms with Crippen LogP contribution in [-0.2, 0) is 65.4 Å². The van der Waals surface area contributed by atoms with E-state index in [4.69, 9.17) is 37.0 Å². The average Bonchev–Trinajstić information content (AvgIpc) is 3.57. The van der Waals surface area contributed by atoms with Crippen LogP contribution in [0.1, 0.15) is 344 Å². The SMILES string of the molecule is CCCCCCCCCC(=O)OC[C@H](COP(=O)(O)OC[C@H](O)COP(=O)(O)OC[C@@H](COC(=O)CCCCCCCCCCCCC(C)CC)OC(=O)CCCCCCCCCCCCCCCCC(C)C)OC(=O)CCCCCCCCC(C)CC. The van der Waals surface area contributed by atoms with E-state index in [9.17, 15) is 43.2 Å². The molecular weight excluding hydrogens is 1160 g/mol. The second kappa shape index (κ2) is 60.0. The quantitative estimate of drug-likeness (QED) is 0.0222. The van der Waals surface area contributed by atoms with Crippen molar-refractivity contribution >= 4 is 39.5 Å². The van der Waals surface area contributed by atoms with Crippen molar-refractivity contribution in [1.82, 2.24) is 0 Å². The Bertz CT molecular complexity index is 1740.